The van der Waals surface area contributed by atoms with Gasteiger partial charge in [-0.3, -0.25) is 0 Å². The first kappa shape index (κ1) is 24.2. The summed E-state index contributed by atoms with van der Waals surface area (Å²) in [5.41, 5.74) is 1.37. The summed E-state index contributed by atoms with van der Waals surface area (Å²) in [6.07, 6.45) is 12.6. The van der Waals surface area contributed by atoms with Crippen molar-refractivity contribution in [1.29, 1.82) is 0 Å². The fraction of sp³-hybridized carbons (Fsp3) is 0.400. The molecule has 0 aliphatic heterocycles. The normalized spacial score (nSPS) is 24.2. The van der Waals surface area contributed by atoms with Crippen molar-refractivity contribution in [2.75, 3.05) is 6.61 Å². The van der Waals surface area contributed by atoms with Gasteiger partial charge in [-0.2, -0.15) is 0 Å². The number of hydrogen-bond acceptors (Lipinski definition) is 1. The number of rotatable bonds is 5. The van der Waals surface area contributed by atoms with Crippen molar-refractivity contribution in [3.63, 3.8) is 0 Å². The highest BCUT2D eigenvalue weighted by molar-refractivity contribution is 5.46. The van der Waals surface area contributed by atoms with E-state index in [4.69, 9.17) is 4.74 Å². The molecule has 2 saturated carbocycles. The molecule has 2 aliphatic carbocycles. The average molecular weight is 465 g/mol. The number of fused-ring (bicyclic) bond motifs is 1. The maximum Gasteiger partial charge on any atom is 0.191 e. The third-order valence-corrected chi connectivity index (χ3v) is 7.35. The highest BCUT2D eigenvalue weighted by atomic mass is 19.1. The average Bonchev–Trinajstić information content (AvgIpc) is 2.84. The zero-order chi connectivity index (χ0) is 24.1. The molecule has 0 radical (unpaired) electrons. The van der Waals surface area contributed by atoms with Crippen LogP contribution in [0, 0.1) is 47.0 Å². The van der Waals surface area contributed by atoms with Crippen LogP contribution in [0.3, 0.4) is 0 Å². The lowest BCUT2D eigenvalue weighted by atomic mass is 9.64. The molecule has 1 nitrogen and oxygen atoms in total. The lowest BCUT2D eigenvalue weighted by Gasteiger charge is -2.41. The minimum atomic E-state index is -0.831. The Morgan fingerprint density at radius 3 is 2.38 bits per heavy atom. The van der Waals surface area contributed by atoms with Gasteiger partial charge in [0.2, 0.25) is 0 Å². The molecule has 0 spiro atoms. The smallest absolute Gasteiger partial charge is 0.191 e. The zero-order valence-electron chi connectivity index (χ0n) is 19.6. The fourth-order valence-corrected chi connectivity index (χ4v) is 5.47. The first-order chi connectivity index (χ1) is 16.5. The molecule has 4 rings (SSSR count). The van der Waals surface area contributed by atoms with Gasteiger partial charge < -0.3 is 4.74 Å². The lowest BCUT2D eigenvalue weighted by molar-refractivity contribution is 0.133. The van der Waals surface area contributed by atoms with Gasteiger partial charge >= 0.3 is 0 Å². The van der Waals surface area contributed by atoms with Gasteiger partial charge in [-0.1, -0.05) is 36.1 Å². The summed E-state index contributed by atoms with van der Waals surface area (Å²) in [5, 5.41) is 0. The van der Waals surface area contributed by atoms with Gasteiger partial charge in [-0.25, -0.2) is 13.2 Å². The molecule has 4 atom stereocenters. The van der Waals surface area contributed by atoms with Gasteiger partial charge in [0, 0.05) is 5.56 Å². The molecule has 178 valence electrons. The monoisotopic (exact) mass is 464 g/mol. The Kier molecular flexibility index (Phi) is 7.83. The molecule has 2 aromatic carbocycles. The maximum atomic E-state index is 14.8. The molecule has 34 heavy (non-hydrogen) atoms. The van der Waals surface area contributed by atoms with E-state index in [2.05, 4.69) is 24.5 Å². The van der Waals surface area contributed by atoms with Crippen LogP contribution in [0.5, 0.6) is 5.75 Å². The largest absolute Gasteiger partial charge is 0.483 e. The summed E-state index contributed by atoms with van der Waals surface area (Å²) in [7, 11) is 0. The number of hydrogen-bond donors (Lipinski definition) is 0. The molecular formula is C30H31F3O. The van der Waals surface area contributed by atoms with Gasteiger partial charge in [-0.05, 0) is 98.9 Å². The van der Waals surface area contributed by atoms with E-state index in [0.717, 1.165) is 36.5 Å². The van der Waals surface area contributed by atoms with Crippen molar-refractivity contribution < 1.29 is 17.9 Å². The second-order valence-electron chi connectivity index (χ2n) is 9.48. The van der Waals surface area contributed by atoms with Crippen LogP contribution in [-0.4, -0.2) is 6.61 Å². The Balaban J connectivity index is 1.44. The molecule has 2 fully saturated rings. The van der Waals surface area contributed by atoms with E-state index in [1.807, 2.05) is 6.07 Å². The molecule has 4 unspecified atom stereocenters. The van der Waals surface area contributed by atoms with Crippen LogP contribution in [0.1, 0.15) is 68.1 Å². The van der Waals surface area contributed by atoms with Crippen LogP contribution in [-0.2, 0) is 0 Å². The van der Waals surface area contributed by atoms with E-state index in [-0.39, 0.29) is 17.7 Å². The molecule has 0 saturated heterocycles. The zero-order valence-corrected chi connectivity index (χ0v) is 19.6. The Morgan fingerprint density at radius 1 is 0.941 bits per heavy atom. The second-order valence-corrected chi connectivity index (χ2v) is 9.48. The minimum absolute atomic E-state index is 0.0741. The third-order valence-electron chi connectivity index (χ3n) is 7.35. The van der Waals surface area contributed by atoms with Gasteiger partial charge in [0.25, 0.3) is 0 Å². The van der Waals surface area contributed by atoms with Gasteiger partial charge in [-0.15, -0.1) is 6.58 Å². The first-order valence-electron chi connectivity index (χ1n) is 12.2. The predicted octanol–water partition coefficient (Wildman–Crippen LogP) is 7.94. The van der Waals surface area contributed by atoms with Crippen molar-refractivity contribution >= 4 is 0 Å². The Labute approximate surface area is 200 Å². The van der Waals surface area contributed by atoms with E-state index in [1.54, 1.807) is 31.2 Å². The molecule has 2 aromatic rings. The van der Waals surface area contributed by atoms with Crippen LogP contribution in [0.2, 0.25) is 0 Å². The molecule has 2 aliphatic rings. The second kappa shape index (κ2) is 11.0. The van der Waals surface area contributed by atoms with Gasteiger partial charge in [0.1, 0.15) is 12.4 Å². The van der Waals surface area contributed by atoms with Crippen molar-refractivity contribution in [2.45, 2.75) is 51.4 Å². The van der Waals surface area contributed by atoms with Crippen LogP contribution >= 0.6 is 0 Å². The summed E-state index contributed by atoms with van der Waals surface area (Å²) < 4.78 is 48.4. The third kappa shape index (κ3) is 5.58. The summed E-state index contributed by atoms with van der Waals surface area (Å²) in [4.78, 5) is 0. The molecule has 4 heteroatoms. The van der Waals surface area contributed by atoms with Crippen LogP contribution in [0.15, 0.2) is 55.1 Å². The standard InChI is InChI=1S/C30H31F3O/c1-3-5-14-34-30-28(32)16-21(17-29(30)33)7-8-22-10-11-26(19-27(22)31)25-13-12-23-15-20(4-2)6-9-24(23)18-25/h3-5,10-11,16-17,19-20,23-25H,2,6,9,12-15,18H2,1H3/b5-3+. The minimum Gasteiger partial charge on any atom is -0.483 e. The lowest BCUT2D eigenvalue weighted by Crippen LogP contribution is -2.30. The number of allylic oxidation sites excluding steroid dienone is 2. The van der Waals surface area contributed by atoms with E-state index < -0.39 is 23.2 Å². The number of ether oxygens (including phenoxy) is 1. The number of benzene rings is 2. The number of halogens is 3. The van der Waals surface area contributed by atoms with Crippen LogP contribution in [0.25, 0.3) is 0 Å². The molecule has 0 N–H and O–H groups in total. The van der Waals surface area contributed by atoms with E-state index in [1.165, 1.54) is 25.7 Å². The molecular weight excluding hydrogens is 433 g/mol. The topological polar surface area (TPSA) is 9.23 Å². The first-order valence-corrected chi connectivity index (χ1v) is 12.2. The predicted molar refractivity (Wildman–Crippen MR) is 130 cm³/mol. The fourth-order valence-electron chi connectivity index (χ4n) is 5.47. The quantitative estimate of drug-likeness (QED) is 0.322. The summed E-state index contributed by atoms with van der Waals surface area (Å²) in [5.74, 6) is 5.41. The van der Waals surface area contributed by atoms with Gasteiger partial charge in [0.05, 0.1) is 5.56 Å². The van der Waals surface area contributed by atoms with Crippen LogP contribution in [0.4, 0.5) is 13.2 Å². The van der Waals surface area contributed by atoms with E-state index >= 15 is 0 Å². The Hall–Kier alpha value is -2.93. The maximum absolute atomic E-state index is 14.8. The summed E-state index contributed by atoms with van der Waals surface area (Å²) in [6, 6.07) is 7.43. The van der Waals surface area contributed by atoms with Crippen LogP contribution < -0.4 is 4.74 Å². The van der Waals surface area contributed by atoms with E-state index in [0.29, 0.717) is 17.8 Å². The summed E-state index contributed by atoms with van der Waals surface area (Å²) in [6.45, 7) is 5.83. The van der Waals surface area contributed by atoms with Gasteiger partial charge in [0.15, 0.2) is 17.4 Å². The summed E-state index contributed by atoms with van der Waals surface area (Å²) >= 11 is 0. The Bertz CT molecular complexity index is 1100. The Morgan fingerprint density at radius 2 is 1.68 bits per heavy atom. The SMILES string of the molecule is C=CC1CCC2CC(c3ccc(C#Cc4cc(F)c(OC/C=C/C)c(F)c4)c(F)c3)CCC2C1. The van der Waals surface area contributed by atoms with Crippen molar-refractivity contribution in [1.82, 2.24) is 0 Å². The molecule has 0 amide bonds. The van der Waals surface area contributed by atoms with Crippen molar-refractivity contribution in [2.24, 2.45) is 17.8 Å². The van der Waals surface area contributed by atoms with Crippen molar-refractivity contribution in [3.8, 4) is 17.6 Å². The highest BCUT2D eigenvalue weighted by Gasteiger charge is 2.35. The van der Waals surface area contributed by atoms with Crippen molar-refractivity contribution in [3.05, 3.63) is 89.3 Å². The van der Waals surface area contributed by atoms with E-state index in [9.17, 15) is 13.2 Å². The molecule has 0 heterocycles. The molecule has 0 aromatic heterocycles. The highest BCUT2D eigenvalue weighted by Crippen LogP contribution is 2.47. The molecule has 0 bridgehead atoms.